The number of rotatable bonds is 2. The predicted molar refractivity (Wildman–Crippen MR) is 37.2 cm³/mol. The zero-order valence-corrected chi connectivity index (χ0v) is 6.99. The Kier molecular flexibility index (Phi) is 2.18. The SMILES string of the molecule is FC(F)(F)OC1CC(c2ncon2)C1. The number of ether oxygens (including phenoxy) is 1. The van der Waals surface area contributed by atoms with Crippen LogP contribution in [-0.4, -0.2) is 22.6 Å². The lowest BCUT2D eigenvalue weighted by molar-refractivity contribution is -0.352. The van der Waals surface area contributed by atoms with Gasteiger partial charge < -0.3 is 4.52 Å². The Morgan fingerprint density at radius 3 is 2.64 bits per heavy atom. The molecule has 1 heterocycles. The zero-order chi connectivity index (χ0) is 10.2. The lowest BCUT2D eigenvalue weighted by Crippen LogP contribution is -2.35. The second kappa shape index (κ2) is 3.23. The first kappa shape index (κ1) is 9.45. The van der Waals surface area contributed by atoms with Crippen molar-refractivity contribution in [1.82, 2.24) is 10.1 Å². The van der Waals surface area contributed by atoms with Gasteiger partial charge in [-0.25, -0.2) is 0 Å². The van der Waals surface area contributed by atoms with Gasteiger partial charge in [0.05, 0.1) is 6.10 Å². The van der Waals surface area contributed by atoms with Crippen LogP contribution in [0.3, 0.4) is 0 Å². The number of hydrogen-bond donors (Lipinski definition) is 0. The van der Waals surface area contributed by atoms with Gasteiger partial charge in [0.25, 0.3) is 0 Å². The van der Waals surface area contributed by atoms with Gasteiger partial charge in [-0.1, -0.05) is 5.16 Å². The molecule has 0 radical (unpaired) electrons. The molecule has 1 aromatic rings. The van der Waals surface area contributed by atoms with E-state index in [-0.39, 0.29) is 5.92 Å². The van der Waals surface area contributed by atoms with E-state index in [2.05, 4.69) is 19.4 Å². The first-order valence-corrected chi connectivity index (χ1v) is 4.05. The van der Waals surface area contributed by atoms with Crippen LogP contribution in [0, 0.1) is 0 Å². The van der Waals surface area contributed by atoms with Crippen molar-refractivity contribution in [3.8, 4) is 0 Å². The Balaban J connectivity index is 1.80. The zero-order valence-electron chi connectivity index (χ0n) is 6.99. The summed E-state index contributed by atoms with van der Waals surface area (Å²) in [7, 11) is 0. The highest BCUT2D eigenvalue weighted by molar-refractivity contribution is 5.01. The first-order chi connectivity index (χ1) is 6.54. The van der Waals surface area contributed by atoms with Gasteiger partial charge in [-0.05, 0) is 12.8 Å². The summed E-state index contributed by atoms with van der Waals surface area (Å²) in [4.78, 5) is 3.75. The highest BCUT2D eigenvalue weighted by atomic mass is 19.4. The Morgan fingerprint density at radius 1 is 1.43 bits per heavy atom. The van der Waals surface area contributed by atoms with E-state index in [0.717, 1.165) is 6.39 Å². The molecule has 0 aliphatic heterocycles. The minimum atomic E-state index is -4.55. The first-order valence-electron chi connectivity index (χ1n) is 4.05. The second-order valence-electron chi connectivity index (χ2n) is 3.14. The smallest absolute Gasteiger partial charge is 0.343 e. The normalized spacial score (nSPS) is 27.4. The summed E-state index contributed by atoms with van der Waals surface area (Å²) in [5.74, 6) is 0.383. The molecule has 1 aliphatic rings. The molecule has 0 N–H and O–H groups in total. The molecule has 0 spiro atoms. The van der Waals surface area contributed by atoms with Crippen molar-refractivity contribution in [2.24, 2.45) is 0 Å². The van der Waals surface area contributed by atoms with E-state index in [1.54, 1.807) is 0 Å². The molecule has 1 fully saturated rings. The average molecular weight is 208 g/mol. The van der Waals surface area contributed by atoms with Gasteiger partial charge in [-0.15, -0.1) is 13.2 Å². The highest BCUT2D eigenvalue weighted by Gasteiger charge is 2.41. The van der Waals surface area contributed by atoms with Crippen molar-refractivity contribution in [3.63, 3.8) is 0 Å². The Labute approximate surface area is 77.0 Å². The molecule has 2 rings (SSSR count). The fraction of sp³-hybridized carbons (Fsp3) is 0.714. The molecular weight excluding hydrogens is 201 g/mol. The molecule has 14 heavy (non-hydrogen) atoms. The maximum atomic E-state index is 11.7. The van der Waals surface area contributed by atoms with Gasteiger partial charge in [-0.2, -0.15) is 4.98 Å². The van der Waals surface area contributed by atoms with Gasteiger partial charge in [0, 0.05) is 5.92 Å². The van der Waals surface area contributed by atoms with Crippen LogP contribution >= 0.6 is 0 Å². The maximum Gasteiger partial charge on any atom is 0.522 e. The summed E-state index contributed by atoms with van der Waals surface area (Å²) in [6.45, 7) is 0. The summed E-state index contributed by atoms with van der Waals surface area (Å²) in [5, 5.41) is 3.55. The Hall–Kier alpha value is -1.11. The van der Waals surface area contributed by atoms with Gasteiger partial charge >= 0.3 is 6.36 Å². The third-order valence-electron chi connectivity index (χ3n) is 2.14. The van der Waals surface area contributed by atoms with Crippen LogP contribution in [0.4, 0.5) is 13.2 Å². The number of alkyl halides is 3. The Bertz CT molecular complexity index is 292. The predicted octanol–water partition coefficient (Wildman–Crippen LogP) is 1.85. The summed E-state index contributed by atoms with van der Waals surface area (Å²) in [6, 6.07) is 0. The quantitative estimate of drug-likeness (QED) is 0.744. The van der Waals surface area contributed by atoms with Crippen molar-refractivity contribution in [1.29, 1.82) is 0 Å². The van der Waals surface area contributed by atoms with E-state index >= 15 is 0 Å². The molecule has 0 amide bonds. The molecule has 1 saturated carbocycles. The van der Waals surface area contributed by atoms with E-state index in [4.69, 9.17) is 0 Å². The van der Waals surface area contributed by atoms with Crippen LogP contribution in [0.5, 0.6) is 0 Å². The topological polar surface area (TPSA) is 48.2 Å². The molecule has 0 saturated heterocycles. The maximum absolute atomic E-state index is 11.7. The molecule has 7 heteroatoms. The monoisotopic (exact) mass is 208 g/mol. The number of hydrogen-bond acceptors (Lipinski definition) is 4. The molecule has 0 aromatic carbocycles. The fourth-order valence-corrected chi connectivity index (χ4v) is 1.42. The Morgan fingerprint density at radius 2 is 2.14 bits per heavy atom. The molecule has 4 nitrogen and oxygen atoms in total. The van der Waals surface area contributed by atoms with Crippen molar-refractivity contribution in [2.75, 3.05) is 0 Å². The number of aromatic nitrogens is 2. The van der Waals surface area contributed by atoms with Gasteiger partial charge in [0.15, 0.2) is 5.82 Å². The molecule has 1 aliphatic carbocycles. The fourth-order valence-electron chi connectivity index (χ4n) is 1.42. The van der Waals surface area contributed by atoms with Crippen molar-refractivity contribution in [2.45, 2.75) is 31.2 Å². The van der Waals surface area contributed by atoms with Crippen LogP contribution in [0.1, 0.15) is 24.6 Å². The highest BCUT2D eigenvalue weighted by Crippen LogP contribution is 2.39. The van der Waals surface area contributed by atoms with E-state index in [1.165, 1.54) is 0 Å². The minimum absolute atomic E-state index is 0.0684. The van der Waals surface area contributed by atoms with Crippen LogP contribution in [0.2, 0.25) is 0 Å². The number of halogens is 3. The molecule has 0 atom stereocenters. The lowest BCUT2D eigenvalue weighted by Gasteiger charge is -2.33. The van der Waals surface area contributed by atoms with E-state index in [1.807, 2.05) is 0 Å². The molecule has 0 unspecified atom stereocenters. The molecule has 1 aromatic heterocycles. The lowest BCUT2D eigenvalue weighted by atomic mass is 9.82. The molecular formula is C7H7F3N2O2. The third kappa shape index (κ3) is 2.03. The molecule has 0 bridgehead atoms. The average Bonchev–Trinajstić information content (AvgIpc) is 2.45. The van der Waals surface area contributed by atoms with Crippen LogP contribution in [-0.2, 0) is 4.74 Å². The summed E-state index contributed by atoms with van der Waals surface area (Å²) < 4.78 is 43.5. The van der Waals surface area contributed by atoms with Crippen LogP contribution in [0.25, 0.3) is 0 Å². The van der Waals surface area contributed by atoms with Crippen molar-refractivity contribution >= 4 is 0 Å². The van der Waals surface area contributed by atoms with Crippen molar-refractivity contribution in [3.05, 3.63) is 12.2 Å². The summed E-state index contributed by atoms with van der Waals surface area (Å²) >= 11 is 0. The molecule has 78 valence electrons. The standard InChI is InChI=1S/C7H7F3N2O2/c8-7(9,10)14-5-1-4(2-5)6-11-3-13-12-6/h3-5H,1-2H2. The van der Waals surface area contributed by atoms with Crippen LogP contribution < -0.4 is 0 Å². The van der Waals surface area contributed by atoms with Crippen LogP contribution in [0.15, 0.2) is 10.9 Å². The largest absolute Gasteiger partial charge is 0.522 e. The summed E-state index contributed by atoms with van der Waals surface area (Å²) in [5.41, 5.74) is 0. The van der Waals surface area contributed by atoms with E-state index in [0.29, 0.717) is 18.7 Å². The second-order valence-corrected chi connectivity index (χ2v) is 3.14. The minimum Gasteiger partial charge on any atom is -0.343 e. The summed E-state index contributed by atoms with van der Waals surface area (Å²) in [6.07, 6.45) is -3.57. The van der Waals surface area contributed by atoms with Gasteiger partial charge in [0.2, 0.25) is 6.39 Å². The van der Waals surface area contributed by atoms with E-state index in [9.17, 15) is 13.2 Å². The third-order valence-corrected chi connectivity index (χ3v) is 2.14. The van der Waals surface area contributed by atoms with E-state index < -0.39 is 12.5 Å². The van der Waals surface area contributed by atoms with Gasteiger partial charge in [-0.3, -0.25) is 4.74 Å². The van der Waals surface area contributed by atoms with Gasteiger partial charge in [0.1, 0.15) is 0 Å². The van der Waals surface area contributed by atoms with Crippen molar-refractivity contribution < 1.29 is 22.4 Å². The number of nitrogens with zero attached hydrogens (tertiary/aromatic N) is 2.